The highest BCUT2D eigenvalue weighted by Gasteiger charge is 2.36. The minimum atomic E-state index is -1.81. The summed E-state index contributed by atoms with van der Waals surface area (Å²) in [6.07, 6.45) is -1.47. The van der Waals surface area contributed by atoms with Crippen LogP contribution in [0.4, 0.5) is 0 Å². The van der Waals surface area contributed by atoms with Crippen molar-refractivity contribution in [3.63, 3.8) is 0 Å². The summed E-state index contributed by atoms with van der Waals surface area (Å²) in [5.41, 5.74) is 11.3. The first-order chi connectivity index (χ1) is 20.7. The maximum Gasteiger partial charge on any atom is 0.326 e. The van der Waals surface area contributed by atoms with Gasteiger partial charge in [-0.2, -0.15) is 0 Å². The van der Waals surface area contributed by atoms with E-state index in [1.807, 2.05) is 0 Å². The number of hydrogen-bond acceptors (Lipinski definition) is 8. The lowest BCUT2D eigenvalue weighted by Gasteiger charge is -2.32. The number of carbonyl (C=O) groups is 7. The Morgan fingerprint density at radius 2 is 1.45 bits per heavy atom. The quantitative estimate of drug-likeness (QED) is 0.0827. The second kappa shape index (κ2) is 16.4. The minimum Gasteiger partial charge on any atom is -0.480 e. The van der Waals surface area contributed by atoms with Crippen LogP contribution in [0.15, 0.2) is 35.3 Å². The summed E-state index contributed by atoms with van der Waals surface area (Å²) < 4.78 is 0. The van der Waals surface area contributed by atoms with Crippen molar-refractivity contribution in [2.75, 3.05) is 13.6 Å². The summed E-state index contributed by atoms with van der Waals surface area (Å²) in [7, 11) is 1.31. The standard InChI is InChI=1S/C27H38N8O9/c1-14-22(38)33-16(9-6-10-30-27(28)29)24(40)35(2)19(11-15-7-4-3-5-8-15)23(39)34-18(26(43)44)13-21(37)32-17(25(41)42)12-20(36)31-14/h3-5,7-8,14,16-19H,6,9-13H2,1-2H3,(H,31,36)(H,32,37)(H,33,38)(H,34,39)(H,41,42)(H,43,44)(H4,28,29,30)/t14-,16?,17+,18?,19+/m1/s1. The number of nitrogens with one attached hydrogen (secondary N) is 4. The molecule has 1 fully saturated rings. The number of carboxylic acids is 2. The maximum atomic E-state index is 13.8. The molecule has 1 saturated heterocycles. The van der Waals surface area contributed by atoms with Crippen LogP contribution >= 0.6 is 0 Å². The normalized spacial score (nSPS) is 24.2. The third kappa shape index (κ3) is 10.9. The van der Waals surface area contributed by atoms with Gasteiger partial charge in [0.05, 0.1) is 12.8 Å². The predicted molar refractivity (Wildman–Crippen MR) is 155 cm³/mol. The number of hydrogen-bond donors (Lipinski definition) is 8. The highest BCUT2D eigenvalue weighted by Crippen LogP contribution is 2.13. The summed E-state index contributed by atoms with van der Waals surface area (Å²) in [5, 5.41) is 28.4. The largest absolute Gasteiger partial charge is 0.480 e. The Morgan fingerprint density at radius 1 is 0.886 bits per heavy atom. The number of benzene rings is 1. The average molecular weight is 619 g/mol. The van der Waals surface area contributed by atoms with Crippen LogP contribution in [-0.4, -0.2) is 106 Å². The third-order valence-corrected chi connectivity index (χ3v) is 6.75. The fraction of sp³-hybridized carbons (Fsp3) is 0.481. The molecular weight excluding hydrogens is 580 g/mol. The van der Waals surface area contributed by atoms with Gasteiger partial charge >= 0.3 is 11.9 Å². The highest BCUT2D eigenvalue weighted by molar-refractivity contribution is 5.97. The lowest BCUT2D eigenvalue weighted by atomic mass is 10.0. The van der Waals surface area contributed by atoms with Crippen molar-refractivity contribution in [3.8, 4) is 0 Å². The molecule has 1 aromatic rings. The number of likely N-dealkylation sites (N-methyl/N-ethyl adjacent to an activating group) is 1. The molecule has 5 amide bonds. The molecule has 0 saturated carbocycles. The van der Waals surface area contributed by atoms with Crippen molar-refractivity contribution in [3.05, 3.63) is 35.9 Å². The van der Waals surface area contributed by atoms with Crippen LogP contribution in [-0.2, 0) is 40.0 Å². The summed E-state index contributed by atoms with van der Waals surface area (Å²) in [6, 6.07) is 1.21. The van der Waals surface area contributed by atoms with Crippen LogP contribution in [0.3, 0.4) is 0 Å². The number of guanidine groups is 1. The number of amides is 5. The van der Waals surface area contributed by atoms with E-state index in [1.54, 1.807) is 30.3 Å². The molecular formula is C27H38N8O9. The van der Waals surface area contributed by atoms with Crippen LogP contribution < -0.4 is 32.7 Å². The number of nitrogens with two attached hydrogens (primary N) is 2. The van der Waals surface area contributed by atoms with Gasteiger partial charge in [-0.3, -0.25) is 29.0 Å². The molecule has 17 nitrogen and oxygen atoms in total. The first-order valence-corrected chi connectivity index (χ1v) is 13.7. The topological polar surface area (TPSA) is 276 Å². The van der Waals surface area contributed by atoms with E-state index in [1.165, 1.54) is 14.0 Å². The summed E-state index contributed by atoms with van der Waals surface area (Å²) in [6.45, 7) is 1.42. The van der Waals surface area contributed by atoms with E-state index in [9.17, 15) is 43.8 Å². The molecule has 17 heteroatoms. The molecule has 10 N–H and O–H groups in total. The highest BCUT2D eigenvalue weighted by atomic mass is 16.4. The van der Waals surface area contributed by atoms with Gasteiger partial charge in [-0.1, -0.05) is 30.3 Å². The molecule has 2 rings (SSSR count). The van der Waals surface area contributed by atoms with Gasteiger partial charge in [0.1, 0.15) is 30.2 Å². The van der Waals surface area contributed by atoms with E-state index < -0.39 is 84.5 Å². The number of aliphatic carboxylic acids is 2. The molecule has 0 spiro atoms. The van der Waals surface area contributed by atoms with Crippen LogP contribution in [0.1, 0.15) is 38.2 Å². The fourth-order valence-corrected chi connectivity index (χ4v) is 4.36. The van der Waals surface area contributed by atoms with Crippen molar-refractivity contribution >= 4 is 47.4 Å². The second-order valence-electron chi connectivity index (χ2n) is 10.2. The first kappa shape index (κ1) is 35.0. The molecule has 44 heavy (non-hydrogen) atoms. The Bertz CT molecular complexity index is 1270. The van der Waals surface area contributed by atoms with Gasteiger partial charge in [0.15, 0.2) is 5.96 Å². The Hall–Kier alpha value is -5.22. The summed E-state index contributed by atoms with van der Waals surface area (Å²) >= 11 is 0. The molecule has 0 radical (unpaired) electrons. The van der Waals surface area contributed by atoms with E-state index in [4.69, 9.17) is 11.5 Å². The fourth-order valence-electron chi connectivity index (χ4n) is 4.36. The lowest BCUT2D eigenvalue weighted by molar-refractivity contribution is -0.147. The maximum absolute atomic E-state index is 13.8. The molecule has 1 aliphatic rings. The third-order valence-electron chi connectivity index (χ3n) is 6.75. The molecule has 5 atom stereocenters. The van der Waals surface area contributed by atoms with Crippen molar-refractivity contribution in [1.29, 1.82) is 0 Å². The molecule has 1 aliphatic heterocycles. The molecule has 0 aliphatic carbocycles. The number of carbonyl (C=O) groups excluding carboxylic acids is 5. The van der Waals surface area contributed by atoms with Crippen LogP contribution in [0.5, 0.6) is 0 Å². The van der Waals surface area contributed by atoms with Crippen LogP contribution in [0.25, 0.3) is 0 Å². The molecule has 0 aromatic heterocycles. The average Bonchev–Trinajstić information content (AvgIpc) is 2.95. The Morgan fingerprint density at radius 3 is 2.02 bits per heavy atom. The van der Waals surface area contributed by atoms with Gasteiger partial charge in [-0.05, 0) is 25.3 Å². The number of rotatable bonds is 8. The SMILES string of the molecule is C[C@H]1NC(=O)C[C@@H](C(=O)O)NC(=O)CC(C(=O)O)NC(=O)[C@H](Cc2ccccc2)N(C)C(=O)C(CCCN=C(N)N)NC1=O. The number of carboxylic acid groups (broad SMARTS) is 2. The van der Waals surface area contributed by atoms with Gasteiger partial charge in [0.2, 0.25) is 29.5 Å². The van der Waals surface area contributed by atoms with E-state index in [0.717, 1.165) is 4.90 Å². The van der Waals surface area contributed by atoms with Gasteiger partial charge in [-0.25, -0.2) is 9.59 Å². The van der Waals surface area contributed by atoms with Gasteiger partial charge in [-0.15, -0.1) is 0 Å². The predicted octanol–water partition coefficient (Wildman–Crippen LogP) is -2.97. The van der Waals surface area contributed by atoms with Gasteiger partial charge in [0.25, 0.3) is 0 Å². The van der Waals surface area contributed by atoms with Crippen LogP contribution in [0.2, 0.25) is 0 Å². The second-order valence-corrected chi connectivity index (χ2v) is 10.2. The Labute approximate surface area is 252 Å². The molecule has 1 heterocycles. The van der Waals surface area contributed by atoms with E-state index in [-0.39, 0.29) is 31.8 Å². The zero-order chi connectivity index (χ0) is 33.0. The van der Waals surface area contributed by atoms with E-state index in [2.05, 4.69) is 26.3 Å². The number of aliphatic imine (C=N–C) groups is 1. The lowest BCUT2D eigenvalue weighted by Crippen LogP contribution is -2.58. The zero-order valence-electron chi connectivity index (χ0n) is 24.3. The van der Waals surface area contributed by atoms with Gasteiger partial charge in [0, 0.05) is 20.0 Å². The Balaban J connectivity index is 2.53. The first-order valence-electron chi connectivity index (χ1n) is 13.7. The van der Waals surface area contributed by atoms with Crippen LogP contribution in [0, 0.1) is 0 Å². The van der Waals surface area contributed by atoms with Crippen molar-refractivity contribution in [2.45, 2.75) is 69.2 Å². The molecule has 0 bridgehead atoms. The molecule has 2 unspecified atom stereocenters. The number of nitrogens with zero attached hydrogens (tertiary/aromatic N) is 2. The minimum absolute atomic E-state index is 0.0172. The van der Waals surface area contributed by atoms with Crippen molar-refractivity contribution in [1.82, 2.24) is 26.2 Å². The molecule has 240 valence electrons. The zero-order valence-corrected chi connectivity index (χ0v) is 24.3. The van der Waals surface area contributed by atoms with Crippen molar-refractivity contribution < 1.29 is 43.8 Å². The summed E-state index contributed by atoms with van der Waals surface area (Å²) in [4.78, 5) is 94.2. The van der Waals surface area contributed by atoms with E-state index in [0.29, 0.717) is 5.56 Å². The van der Waals surface area contributed by atoms with E-state index >= 15 is 0 Å². The Kier molecular flexibility index (Phi) is 13.1. The summed E-state index contributed by atoms with van der Waals surface area (Å²) in [5.74, 6) is -7.76. The van der Waals surface area contributed by atoms with Gasteiger partial charge < -0.3 is 47.8 Å². The molecule has 1 aromatic carbocycles. The monoisotopic (exact) mass is 618 g/mol. The van der Waals surface area contributed by atoms with Crippen molar-refractivity contribution in [2.24, 2.45) is 16.5 Å². The smallest absolute Gasteiger partial charge is 0.326 e.